The predicted octanol–water partition coefficient (Wildman–Crippen LogP) is 3.42. The fourth-order valence-corrected chi connectivity index (χ4v) is 2.47. The molecule has 1 heterocycles. The molecular weight excluding hydrogens is 477 g/mol. The van der Waals surface area contributed by atoms with Crippen LogP contribution in [0, 0.1) is 11.6 Å². The van der Waals surface area contributed by atoms with Gasteiger partial charge in [0.15, 0.2) is 5.96 Å². The SMILES string of the molecule is CCNC(=NCc1ccc(-n2cncn2)cc1)NCc1cc(F)ccc1F.I. The molecular formula is C19H21F2IN6. The highest BCUT2D eigenvalue weighted by molar-refractivity contribution is 14.0. The molecule has 2 N–H and O–H groups in total. The third-order valence-electron chi connectivity index (χ3n) is 3.84. The first kappa shape index (κ1) is 21.7. The summed E-state index contributed by atoms with van der Waals surface area (Å²) in [5.74, 6) is -0.396. The van der Waals surface area contributed by atoms with Gasteiger partial charge >= 0.3 is 0 Å². The summed E-state index contributed by atoms with van der Waals surface area (Å²) in [6.45, 7) is 3.18. The Balaban J connectivity index is 0.00000280. The molecule has 28 heavy (non-hydrogen) atoms. The molecule has 0 fully saturated rings. The van der Waals surface area contributed by atoms with Gasteiger partial charge in [0.25, 0.3) is 0 Å². The van der Waals surface area contributed by atoms with Crippen LogP contribution >= 0.6 is 24.0 Å². The van der Waals surface area contributed by atoms with Crippen LogP contribution in [0.25, 0.3) is 5.69 Å². The number of halogens is 3. The second-order valence-electron chi connectivity index (χ2n) is 5.79. The Morgan fingerprint density at radius 2 is 1.89 bits per heavy atom. The van der Waals surface area contributed by atoms with E-state index in [1.807, 2.05) is 31.2 Å². The van der Waals surface area contributed by atoms with E-state index in [0.29, 0.717) is 19.0 Å². The van der Waals surface area contributed by atoms with Gasteiger partial charge in [0.1, 0.15) is 24.3 Å². The maximum absolute atomic E-state index is 13.7. The molecule has 0 saturated carbocycles. The van der Waals surface area contributed by atoms with Crippen molar-refractivity contribution in [3.8, 4) is 5.69 Å². The van der Waals surface area contributed by atoms with Crippen molar-refractivity contribution in [3.05, 3.63) is 77.9 Å². The Kier molecular flexibility index (Phi) is 8.30. The van der Waals surface area contributed by atoms with Gasteiger partial charge < -0.3 is 10.6 Å². The maximum Gasteiger partial charge on any atom is 0.191 e. The minimum absolute atomic E-state index is 0. The standard InChI is InChI=1S/C19H20F2N6.HI/c1-2-23-19(25-11-15-9-16(20)5-8-18(15)21)24-10-14-3-6-17(7-4-14)27-13-22-12-26-27;/h3-9,12-13H,2,10-11H2,1H3,(H2,23,24,25);1H. The summed E-state index contributed by atoms with van der Waals surface area (Å²) in [6, 6.07) is 11.2. The van der Waals surface area contributed by atoms with Crippen LogP contribution in [-0.2, 0) is 13.1 Å². The Labute approximate surface area is 179 Å². The number of benzene rings is 2. The first-order valence-corrected chi connectivity index (χ1v) is 8.55. The average molecular weight is 498 g/mol. The lowest BCUT2D eigenvalue weighted by molar-refractivity contribution is 0.581. The number of rotatable bonds is 6. The molecule has 0 bridgehead atoms. The number of nitrogens with zero attached hydrogens (tertiary/aromatic N) is 4. The van der Waals surface area contributed by atoms with E-state index in [4.69, 9.17) is 0 Å². The molecule has 0 aliphatic carbocycles. The highest BCUT2D eigenvalue weighted by Gasteiger charge is 2.05. The van der Waals surface area contributed by atoms with E-state index >= 15 is 0 Å². The van der Waals surface area contributed by atoms with Crippen LogP contribution in [0.15, 0.2) is 60.1 Å². The first-order valence-electron chi connectivity index (χ1n) is 8.55. The summed E-state index contributed by atoms with van der Waals surface area (Å²) >= 11 is 0. The molecule has 3 rings (SSSR count). The summed E-state index contributed by atoms with van der Waals surface area (Å²) in [5.41, 5.74) is 2.16. The number of guanidine groups is 1. The highest BCUT2D eigenvalue weighted by Crippen LogP contribution is 2.10. The van der Waals surface area contributed by atoms with Crippen molar-refractivity contribution in [2.75, 3.05) is 6.54 Å². The molecule has 148 valence electrons. The number of hydrogen-bond donors (Lipinski definition) is 2. The van der Waals surface area contributed by atoms with Crippen molar-refractivity contribution < 1.29 is 8.78 Å². The van der Waals surface area contributed by atoms with Crippen molar-refractivity contribution in [3.63, 3.8) is 0 Å². The van der Waals surface area contributed by atoms with Gasteiger partial charge in [-0.05, 0) is 42.8 Å². The van der Waals surface area contributed by atoms with E-state index in [-0.39, 0.29) is 36.1 Å². The smallest absolute Gasteiger partial charge is 0.191 e. The van der Waals surface area contributed by atoms with Crippen molar-refractivity contribution in [2.24, 2.45) is 4.99 Å². The molecule has 0 aliphatic rings. The van der Waals surface area contributed by atoms with Gasteiger partial charge in [-0.2, -0.15) is 5.10 Å². The molecule has 9 heteroatoms. The van der Waals surface area contributed by atoms with E-state index in [1.165, 1.54) is 12.4 Å². The Hall–Kier alpha value is -2.56. The third kappa shape index (κ3) is 5.98. The summed E-state index contributed by atoms with van der Waals surface area (Å²) < 4.78 is 28.7. The largest absolute Gasteiger partial charge is 0.357 e. The van der Waals surface area contributed by atoms with Crippen LogP contribution in [-0.4, -0.2) is 27.3 Å². The molecule has 0 aliphatic heterocycles. The average Bonchev–Trinajstić information content (AvgIpc) is 3.21. The monoisotopic (exact) mass is 498 g/mol. The Morgan fingerprint density at radius 1 is 1.11 bits per heavy atom. The number of nitrogens with one attached hydrogen (secondary N) is 2. The summed E-state index contributed by atoms with van der Waals surface area (Å²) in [7, 11) is 0. The molecule has 0 unspecified atom stereocenters. The fourth-order valence-electron chi connectivity index (χ4n) is 2.47. The van der Waals surface area contributed by atoms with E-state index in [1.54, 1.807) is 11.0 Å². The van der Waals surface area contributed by atoms with Crippen molar-refractivity contribution >= 4 is 29.9 Å². The van der Waals surface area contributed by atoms with Crippen LogP contribution in [0.2, 0.25) is 0 Å². The quantitative estimate of drug-likeness (QED) is 0.311. The molecule has 0 atom stereocenters. The van der Waals surface area contributed by atoms with Crippen molar-refractivity contribution in [1.29, 1.82) is 0 Å². The molecule has 6 nitrogen and oxygen atoms in total. The minimum atomic E-state index is -0.470. The number of hydrogen-bond acceptors (Lipinski definition) is 3. The van der Waals surface area contributed by atoms with Gasteiger partial charge in [-0.3, -0.25) is 0 Å². The van der Waals surface area contributed by atoms with E-state index in [9.17, 15) is 8.78 Å². The second kappa shape index (κ2) is 10.7. The van der Waals surface area contributed by atoms with E-state index in [2.05, 4.69) is 25.7 Å². The zero-order chi connectivity index (χ0) is 19.1. The zero-order valence-corrected chi connectivity index (χ0v) is 17.6. The van der Waals surface area contributed by atoms with Gasteiger partial charge in [-0.15, -0.1) is 24.0 Å². The summed E-state index contributed by atoms with van der Waals surface area (Å²) in [5, 5.41) is 10.2. The second-order valence-corrected chi connectivity index (χ2v) is 5.79. The van der Waals surface area contributed by atoms with E-state index < -0.39 is 11.6 Å². The summed E-state index contributed by atoms with van der Waals surface area (Å²) in [6.07, 6.45) is 3.11. The van der Waals surface area contributed by atoms with E-state index in [0.717, 1.165) is 23.4 Å². The molecule has 0 saturated heterocycles. The lowest BCUT2D eigenvalue weighted by Crippen LogP contribution is -2.37. The molecule has 0 radical (unpaired) electrons. The molecule has 1 aromatic heterocycles. The molecule has 3 aromatic rings. The van der Waals surface area contributed by atoms with Crippen molar-refractivity contribution in [1.82, 2.24) is 25.4 Å². The van der Waals surface area contributed by atoms with Gasteiger partial charge in [-0.25, -0.2) is 23.4 Å². The Bertz CT molecular complexity index is 897. The van der Waals surface area contributed by atoms with Gasteiger partial charge in [-0.1, -0.05) is 12.1 Å². The van der Waals surface area contributed by atoms with Crippen LogP contribution < -0.4 is 10.6 Å². The fraction of sp³-hybridized carbons (Fsp3) is 0.211. The van der Waals surface area contributed by atoms with Gasteiger partial charge in [0.05, 0.1) is 12.2 Å². The zero-order valence-electron chi connectivity index (χ0n) is 15.3. The van der Waals surface area contributed by atoms with Crippen LogP contribution in [0.4, 0.5) is 8.78 Å². The molecule has 0 spiro atoms. The van der Waals surface area contributed by atoms with Gasteiger partial charge in [0, 0.05) is 18.7 Å². The normalized spacial score (nSPS) is 11.0. The third-order valence-corrected chi connectivity index (χ3v) is 3.84. The summed E-state index contributed by atoms with van der Waals surface area (Å²) in [4.78, 5) is 8.41. The van der Waals surface area contributed by atoms with Crippen LogP contribution in [0.1, 0.15) is 18.1 Å². The lowest BCUT2D eigenvalue weighted by atomic mass is 10.2. The molecule has 2 aromatic carbocycles. The molecule has 0 amide bonds. The minimum Gasteiger partial charge on any atom is -0.357 e. The van der Waals surface area contributed by atoms with Crippen LogP contribution in [0.5, 0.6) is 0 Å². The van der Waals surface area contributed by atoms with Gasteiger partial charge in [0.2, 0.25) is 0 Å². The highest BCUT2D eigenvalue weighted by atomic mass is 127. The van der Waals surface area contributed by atoms with Crippen molar-refractivity contribution in [2.45, 2.75) is 20.0 Å². The lowest BCUT2D eigenvalue weighted by Gasteiger charge is -2.12. The predicted molar refractivity (Wildman–Crippen MR) is 115 cm³/mol. The maximum atomic E-state index is 13.7. The number of aromatic nitrogens is 3. The first-order chi connectivity index (χ1) is 13.2. The van der Waals surface area contributed by atoms with Crippen LogP contribution in [0.3, 0.4) is 0 Å². The Morgan fingerprint density at radius 3 is 2.57 bits per heavy atom. The topological polar surface area (TPSA) is 67.1 Å². The number of aliphatic imine (C=N–C) groups is 1.